The Labute approximate surface area is 124 Å². The molecule has 1 N–H and O–H groups in total. The standard InChI is InChI=1S/C18H31NO/c1-6-16(7-2)19-13-14-20-17-11-9-15(10-12-17)18(4,5)8-3/h9-12,16,19H,6-8,13-14H2,1-5H3. The van der Waals surface area contributed by atoms with Gasteiger partial charge in [-0.05, 0) is 42.4 Å². The molecule has 0 bridgehead atoms. The summed E-state index contributed by atoms with van der Waals surface area (Å²) in [5, 5.41) is 3.51. The van der Waals surface area contributed by atoms with Crippen LogP contribution in [0.3, 0.4) is 0 Å². The van der Waals surface area contributed by atoms with Crippen LogP contribution in [0.15, 0.2) is 24.3 Å². The highest BCUT2D eigenvalue weighted by Gasteiger charge is 2.17. The Kier molecular flexibility index (Phi) is 7.08. The first-order valence-corrected chi connectivity index (χ1v) is 8.00. The van der Waals surface area contributed by atoms with Crippen molar-refractivity contribution in [1.82, 2.24) is 5.32 Å². The molecule has 0 atom stereocenters. The smallest absolute Gasteiger partial charge is 0.119 e. The van der Waals surface area contributed by atoms with Gasteiger partial charge in [0.05, 0.1) is 0 Å². The molecule has 1 aromatic carbocycles. The molecule has 0 radical (unpaired) electrons. The summed E-state index contributed by atoms with van der Waals surface area (Å²) in [7, 11) is 0. The lowest BCUT2D eigenvalue weighted by molar-refractivity contribution is 0.302. The molecule has 1 rings (SSSR count). The van der Waals surface area contributed by atoms with E-state index in [4.69, 9.17) is 4.74 Å². The molecule has 0 amide bonds. The Morgan fingerprint density at radius 3 is 2.15 bits per heavy atom. The van der Waals surface area contributed by atoms with E-state index in [1.807, 2.05) is 0 Å². The summed E-state index contributed by atoms with van der Waals surface area (Å²) in [6.45, 7) is 12.9. The third-order valence-corrected chi connectivity index (χ3v) is 4.31. The third-order valence-electron chi connectivity index (χ3n) is 4.31. The van der Waals surface area contributed by atoms with E-state index >= 15 is 0 Å². The van der Waals surface area contributed by atoms with Crippen LogP contribution >= 0.6 is 0 Å². The molecule has 0 spiro atoms. The number of hydrogen-bond acceptors (Lipinski definition) is 2. The minimum absolute atomic E-state index is 0.246. The van der Waals surface area contributed by atoms with Crippen LogP contribution in [0, 0.1) is 0 Å². The molecule has 2 heteroatoms. The van der Waals surface area contributed by atoms with Crippen LogP contribution in [-0.2, 0) is 5.41 Å². The van der Waals surface area contributed by atoms with Gasteiger partial charge in [0.2, 0.25) is 0 Å². The van der Waals surface area contributed by atoms with E-state index < -0.39 is 0 Å². The van der Waals surface area contributed by atoms with Crippen molar-refractivity contribution < 1.29 is 4.74 Å². The first-order valence-electron chi connectivity index (χ1n) is 8.00. The lowest BCUT2D eigenvalue weighted by Gasteiger charge is -2.23. The summed E-state index contributed by atoms with van der Waals surface area (Å²) in [5.41, 5.74) is 1.62. The molecule has 0 heterocycles. The fraction of sp³-hybridized carbons (Fsp3) is 0.667. The lowest BCUT2D eigenvalue weighted by Crippen LogP contribution is -2.31. The average molecular weight is 277 g/mol. The predicted octanol–water partition coefficient (Wildman–Crippen LogP) is 4.53. The molecule has 20 heavy (non-hydrogen) atoms. The monoisotopic (exact) mass is 277 g/mol. The molecule has 114 valence electrons. The molecule has 0 saturated heterocycles. The highest BCUT2D eigenvalue weighted by atomic mass is 16.5. The predicted molar refractivity (Wildman–Crippen MR) is 87.6 cm³/mol. The van der Waals surface area contributed by atoms with Crippen molar-refractivity contribution in [2.24, 2.45) is 0 Å². The van der Waals surface area contributed by atoms with Crippen LogP contribution in [0.1, 0.15) is 59.4 Å². The Bertz CT molecular complexity index is 366. The zero-order valence-electron chi connectivity index (χ0n) is 13.8. The summed E-state index contributed by atoms with van der Waals surface area (Å²) in [6.07, 6.45) is 3.50. The van der Waals surface area contributed by atoms with Crippen molar-refractivity contribution in [2.45, 2.75) is 65.3 Å². The number of rotatable bonds is 9. The SMILES string of the molecule is CCC(CC)NCCOc1ccc(C(C)(C)CC)cc1. The van der Waals surface area contributed by atoms with Crippen LogP contribution < -0.4 is 10.1 Å². The minimum Gasteiger partial charge on any atom is -0.492 e. The van der Waals surface area contributed by atoms with Gasteiger partial charge in [-0.1, -0.05) is 46.8 Å². The minimum atomic E-state index is 0.246. The maximum absolute atomic E-state index is 5.78. The van der Waals surface area contributed by atoms with Crippen molar-refractivity contribution in [3.63, 3.8) is 0 Å². The molecule has 0 aliphatic carbocycles. The largest absolute Gasteiger partial charge is 0.492 e. The Hall–Kier alpha value is -1.02. The van der Waals surface area contributed by atoms with E-state index in [9.17, 15) is 0 Å². The molecule has 0 unspecified atom stereocenters. The fourth-order valence-electron chi connectivity index (χ4n) is 2.22. The van der Waals surface area contributed by atoms with Gasteiger partial charge in [0.1, 0.15) is 12.4 Å². The van der Waals surface area contributed by atoms with Gasteiger partial charge in [-0.2, -0.15) is 0 Å². The van der Waals surface area contributed by atoms with Gasteiger partial charge in [-0.25, -0.2) is 0 Å². The van der Waals surface area contributed by atoms with Crippen molar-refractivity contribution in [1.29, 1.82) is 0 Å². The Balaban J connectivity index is 2.39. The lowest BCUT2D eigenvalue weighted by atomic mass is 9.82. The highest BCUT2D eigenvalue weighted by molar-refractivity contribution is 5.31. The zero-order chi connectivity index (χ0) is 15.0. The number of nitrogens with one attached hydrogen (secondary N) is 1. The van der Waals surface area contributed by atoms with Crippen LogP contribution in [0.25, 0.3) is 0 Å². The van der Waals surface area contributed by atoms with Crippen molar-refractivity contribution in [2.75, 3.05) is 13.2 Å². The average Bonchev–Trinajstić information content (AvgIpc) is 2.48. The van der Waals surface area contributed by atoms with Crippen LogP contribution in [0.4, 0.5) is 0 Å². The second kappa shape index (κ2) is 8.31. The molecule has 0 saturated carbocycles. The van der Waals surface area contributed by atoms with E-state index in [-0.39, 0.29) is 5.41 Å². The van der Waals surface area contributed by atoms with E-state index in [1.54, 1.807) is 0 Å². The molecule has 0 aromatic heterocycles. The first kappa shape index (κ1) is 17.0. The van der Waals surface area contributed by atoms with Gasteiger partial charge in [-0.3, -0.25) is 0 Å². The molecular formula is C18H31NO. The molecule has 0 aliphatic rings. The van der Waals surface area contributed by atoms with Crippen molar-refractivity contribution >= 4 is 0 Å². The van der Waals surface area contributed by atoms with Gasteiger partial charge in [-0.15, -0.1) is 0 Å². The van der Waals surface area contributed by atoms with E-state index in [0.717, 1.165) is 25.3 Å². The Morgan fingerprint density at radius 1 is 1.05 bits per heavy atom. The van der Waals surface area contributed by atoms with E-state index in [0.29, 0.717) is 6.04 Å². The quantitative estimate of drug-likeness (QED) is 0.670. The van der Waals surface area contributed by atoms with Gasteiger partial charge in [0.15, 0.2) is 0 Å². The van der Waals surface area contributed by atoms with Gasteiger partial charge < -0.3 is 10.1 Å². The third kappa shape index (κ3) is 5.16. The molecule has 2 nitrogen and oxygen atoms in total. The number of ether oxygens (including phenoxy) is 1. The van der Waals surface area contributed by atoms with Crippen LogP contribution in [-0.4, -0.2) is 19.2 Å². The molecule has 0 aliphatic heterocycles. The number of benzene rings is 1. The molecular weight excluding hydrogens is 246 g/mol. The maximum atomic E-state index is 5.78. The number of hydrogen-bond donors (Lipinski definition) is 1. The van der Waals surface area contributed by atoms with Crippen LogP contribution in [0.2, 0.25) is 0 Å². The first-order chi connectivity index (χ1) is 9.53. The summed E-state index contributed by atoms with van der Waals surface area (Å²) >= 11 is 0. The van der Waals surface area contributed by atoms with Crippen molar-refractivity contribution in [3.8, 4) is 5.75 Å². The summed E-state index contributed by atoms with van der Waals surface area (Å²) < 4.78 is 5.78. The second-order valence-electron chi connectivity index (χ2n) is 6.08. The fourth-order valence-corrected chi connectivity index (χ4v) is 2.22. The second-order valence-corrected chi connectivity index (χ2v) is 6.08. The maximum Gasteiger partial charge on any atom is 0.119 e. The van der Waals surface area contributed by atoms with Crippen LogP contribution in [0.5, 0.6) is 5.75 Å². The molecule has 1 aromatic rings. The van der Waals surface area contributed by atoms with E-state index in [2.05, 4.69) is 64.2 Å². The summed E-state index contributed by atoms with van der Waals surface area (Å²) in [5.74, 6) is 0.965. The highest BCUT2D eigenvalue weighted by Crippen LogP contribution is 2.27. The summed E-state index contributed by atoms with van der Waals surface area (Å²) in [6, 6.07) is 9.17. The normalized spacial score (nSPS) is 11.9. The van der Waals surface area contributed by atoms with Gasteiger partial charge in [0, 0.05) is 12.6 Å². The van der Waals surface area contributed by atoms with Gasteiger partial charge in [0.25, 0.3) is 0 Å². The topological polar surface area (TPSA) is 21.3 Å². The zero-order valence-corrected chi connectivity index (χ0v) is 13.8. The summed E-state index contributed by atoms with van der Waals surface area (Å²) in [4.78, 5) is 0. The molecule has 0 fully saturated rings. The van der Waals surface area contributed by atoms with Gasteiger partial charge >= 0.3 is 0 Å². The van der Waals surface area contributed by atoms with E-state index in [1.165, 1.54) is 18.4 Å². The Morgan fingerprint density at radius 2 is 1.65 bits per heavy atom. The van der Waals surface area contributed by atoms with Crippen molar-refractivity contribution in [3.05, 3.63) is 29.8 Å².